The van der Waals surface area contributed by atoms with Crippen molar-refractivity contribution in [2.24, 2.45) is 0 Å². The smallest absolute Gasteiger partial charge is 0.164 e. The molecule has 70 heavy (non-hydrogen) atoms. The zero-order valence-electron chi connectivity index (χ0n) is 37.6. The van der Waals surface area contributed by atoms with E-state index in [-0.39, 0.29) is 5.82 Å². The predicted octanol–water partition coefficient (Wildman–Crippen LogP) is 16.0. The number of para-hydroxylation sites is 4. The molecule has 4 heterocycles. The third-order valence-corrected chi connectivity index (χ3v) is 13.8. The summed E-state index contributed by atoms with van der Waals surface area (Å²) in [6, 6.07) is 81.1. The fourth-order valence-corrected chi connectivity index (χ4v) is 10.7. The summed E-state index contributed by atoms with van der Waals surface area (Å²) in [5, 5.41) is 7.02. The monoisotopic (exact) mass is 898 g/mol. The lowest BCUT2D eigenvalue weighted by molar-refractivity contribution is 0.631. The van der Waals surface area contributed by atoms with Gasteiger partial charge in [-0.3, -0.25) is 0 Å². The van der Waals surface area contributed by atoms with Crippen LogP contribution < -0.4 is 0 Å². The van der Waals surface area contributed by atoms with Crippen LogP contribution in [0, 0.1) is 5.82 Å². The van der Waals surface area contributed by atoms with E-state index in [9.17, 15) is 0 Å². The maximum Gasteiger partial charge on any atom is 0.164 e. The van der Waals surface area contributed by atoms with Crippen molar-refractivity contribution >= 4 is 65.4 Å². The Morgan fingerprint density at radius 3 is 1.07 bits per heavy atom. The van der Waals surface area contributed by atoms with Gasteiger partial charge in [0.25, 0.3) is 0 Å². The van der Waals surface area contributed by atoms with Crippen LogP contribution >= 0.6 is 0 Å². The highest BCUT2D eigenvalue weighted by molar-refractivity contribution is 6.14. The highest BCUT2D eigenvalue weighted by atomic mass is 19.1. The molecule has 7 heteroatoms. The van der Waals surface area contributed by atoms with Gasteiger partial charge in [-0.05, 0) is 84.4 Å². The van der Waals surface area contributed by atoms with Gasteiger partial charge in [-0.1, -0.05) is 158 Å². The summed E-state index contributed by atoms with van der Waals surface area (Å²) in [4.78, 5) is 15.4. The lowest BCUT2D eigenvalue weighted by Gasteiger charge is -2.16. The molecular formula is C63H39FN6. The molecule has 0 fully saturated rings. The number of hydrogen-bond acceptors (Lipinski definition) is 3. The molecule has 0 atom stereocenters. The van der Waals surface area contributed by atoms with Crippen molar-refractivity contribution in [2.45, 2.75) is 0 Å². The van der Waals surface area contributed by atoms with Crippen molar-refractivity contribution in [3.63, 3.8) is 0 Å². The molecule has 0 unspecified atom stereocenters. The molecule has 0 amide bonds. The zero-order chi connectivity index (χ0) is 46.3. The molecule has 4 aromatic heterocycles. The number of aromatic nitrogens is 6. The molecule has 0 spiro atoms. The molecule has 0 saturated carbocycles. The van der Waals surface area contributed by atoms with E-state index in [0.717, 1.165) is 72.1 Å². The third kappa shape index (κ3) is 6.22. The van der Waals surface area contributed by atoms with Crippen molar-refractivity contribution in [1.82, 2.24) is 28.7 Å². The molecule has 328 valence electrons. The van der Waals surface area contributed by atoms with Gasteiger partial charge in [0.2, 0.25) is 0 Å². The predicted molar refractivity (Wildman–Crippen MR) is 285 cm³/mol. The normalized spacial score (nSPS) is 11.8. The Bertz CT molecular complexity index is 4040. The van der Waals surface area contributed by atoms with E-state index in [1.54, 1.807) is 6.07 Å². The van der Waals surface area contributed by atoms with Gasteiger partial charge in [0.1, 0.15) is 5.82 Å². The second-order valence-corrected chi connectivity index (χ2v) is 17.7. The highest BCUT2D eigenvalue weighted by Crippen LogP contribution is 2.42. The van der Waals surface area contributed by atoms with E-state index in [0.29, 0.717) is 34.2 Å². The van der Waals surface area contributed by atoms with Crippen LogP contribution in [0.4, 0.5) is 4.39 Å². The number of fused-ring (bicyclic) bond motifs is 9. The Balaban J connectivity index is 1.05. The molecule has 10 aromatic carbocycles. The summed E-state index contributed by atoms with van der Waals surface area (Å²) in [5.41, 5.74) is 13.2. The average molecular weight is 899 g/mol. The van der Waals surface area contributed by atoms with Gasteiger partial charge in [0.15, 0.2) is 17.5 Å². The second kappa shape index (κ2) is 15.8. The minimum absolute atomic E-state index is 0.329. The standard InChI is InChI=1S/C63H39FN6/c64-54-26-12-7-21-46(54)45-34-31-42(39-53(45)63-66-61(40-17-3-1-4-18-40)65-62(67-63)41-19-5-2-6-20-41)70-59-35-32-43(68-55-27-13-8-22-47(55)48-23-9-14-28-56(48)68)37-51(59)52-38-44(33-36-60(52)70)69-57-29-15-10-24-49(57)50-25-11-16-30-58(50)69/h1-39H. The Kier molecular flexibility index (Phi) is 8.97. The van der Waals surface area contributed by atoms with Gasteiger partial charge in [0, 0.05) is 71.6 Å². The Labute approximate surface area is 401 Å². The highest BCUT2D eigenvalue weighted by Gasteiger charge is 2.22. The molecule has 6 nitrogen and oxygen atoms in total. The van der Waals surface area contributed by atoms with Crippen molar-refractivity contribution in [1.29, 1.82) is 0 Å². The van der Waals surface area contributed by atoms with Crippen LogP contribution in [0.15, 0.2) is 237 Å². The van der Waals surface area contributed by atoms with Gasteiger partial charge in [-0.15, -0.1) is 0 Å². The first kappa shape index (κ1) is 39.7. The summed E-state index contributed by atoms with van der Waals surface area (Å²) >= 11 is 0. The van der Waals surface area contributed by atoms with Crippen LogP contribution in [0.2, 0.25) is 0 Å². The van der Waals surface area contributed by atoms with Gasteiger partial charge in [-0.25, -0.2) is 19.3 Å². The molecule has 14 aromatic rings. The first-order chi connectivity index (χ1) is 34.6. The van der Waals surface area contributed by atoms with Crippen molar-refractivity contribution in [3.05, 3.63) is 242 Å². The first-order valence-corrected chi connectivity index (χ1v) is 23.5. The summed E-state index contributed by atoms with van der Waals surface area (Å²) in [6.07, 6.45) is 0. The molecule has 0 bridgehead atoms. The molecule has 0 aliphatic carbocycles. The molecule has 0 N–H and O–H groups in total. The minimum Gasteiger partial charge on any atom is -0.309 e. The lowest BCUT2D eigenvalue weighted by Crippen LogP contribution is -2.03. The molecule has 0 saturated heterocycles. The molecule has 0 aliphatic rings. The summed E-state index contributed by atoms with van der Waals surface area (Å²) in [6.45, 7) is 0. The van der Waals surface area contributed by atoms with Gasteiger partial charge < -0.3 is 13.7 Å². The topological polar surface area (TPSA) is 53.5 Å². The number of hydrogen-bond donors (Lipinski definition) is 0. The molecule has 0 radical (unpaired) electrons. The first-order valence-electron chi connectivity index (χ1n) is 23.5. The van der Waals surface area contributed by atoms with E-state index >= 15 is 4.39 Å². The Morgan fingerprint density at radius 1 is 0.257 bits per heavy atom. The SMILES string of the molecule is Fc1ccccc1-c1ccc(-n2c3ccc(-n4c5ccccc5c5ccccc54)cc3c3cc(-n4c5ccccc5c5ccccc54)ccc32)cc1-c1nc(-c2ccccc2)nc(-c2ccccc2)n1. The summed E-state index contributed by atoms with van der Waals surface area (Å²) in [5.74, 6) is 1.17. The second-order valence-electron chi connectivity index (χ2n) is 17.7. The quantitative estimate of drug-likeness (QED) is 0.160. The van der Waals surface area contributed by atoms with Crippen LogP contribution in [-0.2, 0) is 0 Å². The van der Waals surface area contributed by atoms with Gasteiger partial charge >= 0.3 is 0 Å². The van der Waals surface area contributed by atoms with E-state index in [2.05, 4.69) is 159 Å². The fraction of sp³-hybridized carbons (Fsp3) is 0. The minimum atomic E-state index is -0.329. The average Bonchev–Trinajstić information content (AvgIpc) is 4.06. The van der Waals surface area contributed by atoms with Crippen molar-refractivity contribution < 1.29 is 4.39 Å². The maximum atomic E-state index is 16.1. The zero-order valence-corrected chi connectivity index (χ0v) is 37.6. The Morgan fingerprint density at radius 2 is 0.614 bits per heavy atom. The lowest BCUT2D eigenvalue weighted by atomic mass is 9.97. The van der Waals surface area contributed by atoms with E-state index in [1.807, 2.05) is 78.9 Å². The number of nitrogens with zero attached hydrogens (tertiary/aromatic N) is 6. The number of halogens is 1. The van der Waals surface area contributed by atoms with Crippen LogP contribution in [-0.4, -0.2) is 28.7 Å². The molecule has 0 aliphatic heterocycles. The largest absolute Gasteiger partial charge is 0.309 e. The number of benzene rings is 10. The summed E-state index contributed by atoms with van der Waals surface area (Å²) < 4.78 is 23.2. The molecular weight excluding hydrogens is 860 g/mol. The van der Waals surface area contributed by atoms with E-state index in [1.165, 1.54) is 27.6 Å². The van der Waals surface area contributed by atoms with E-state index in [4.69, 9.17) is 15.0 Å². The Hall–Kier alpha value is -9.46. The summed E-state index contributed by atoms with van der Waals surface area (Å²) in [7, 11) is 0. The van der Waals surface area contributed by atoms with Gasteiger partial charge in [0.05, 0.1) is 33.1 Å². The van der Waals surface area contributed by atoms with Gasteiger partial charge in [-0.2, -0.15) is 0 Å². The number of rotatable bonds is 7. The molecule has 14 rings (SSSR count). The van der Waals surface area contributed by atoms with E-state index < -0.39 is 0 Å². The van der Waals surface area contributed by atoms with Crippen LogP contribution in [0.3, 0.4) is 0 Å². The maximum absolute atomic E-state index is 16.1. The van der Waals surface area contributed by atoms with Crippen molar-refractivity contribution in [3.8, 4) is 62.4 Å². The van der Waals surface area contributed by atoms with Crippen molar-refractivity contribution in [2.75, 3.05) is 0 Å². The fourth-order valence-electron chi connectivity index (χ4n) is 10.7. The van der Waals surface area contributed by atoms with Crippen LogP contribution in [0.1, 0.15) is 0 Å². The van der Waals surface area contributed by atoms with Crippen LogP contribution in [0.5, 0.6) is 0 Å². The van der Waals surface area contributed by atoms with Crippen LogP contribution in [0.25, 0.3) is 128 Å². The third-order valence-electron chi connectivity index (χ3n) is 13.8.